The predicted octanol–water partition coefficient (Wildman–Crippen LogP) is 2.17. The summed E-state index contributed by atoms with van der Waals surface area (Å²) < 4.78 is 14.5. The highest BCUT2D eigenvalue weighted by Crippen LogP contribution is 2.25. The van der Waals surface area contributed by atoms with E-state index in [2.05, 4.69) is 38.5 Å². The Kier molecular flexibility index (Phi) is 7.99. The predicted molar refractivity (Wildman–Crippen MR) is 107 cm³/mol. The first-order chi connectivity index (χ1) is 10.5. The third-order valence-electron chi connectivity index (χ3n) is 4.44. The molecule has 0 aliphatic heterocycles. The molecule has 0 rings (SSSR count). The average molecular weight is 362 g/mol. The smallest absolute Gasteiger partial charge is 0.236 e. The van der Waals surface area contributed by atoms with Gasteiger partial charge in [-0.2, -0.15) is 0 Å². The second-order valence-corrected chi connectivity index (χ2v) is 11.4. The molecule has 2 unspecified atom stereocenters. The van der Waals surface area contributed by atoms with Crippen molar-refractivity contribution >= 4 is 21.5 Å². The standard InChI is InChI=1S/C18H39N3O2S/c1-15(17(2,3)4)20(14-16(22)19(8)9)12-13-21(18(5,6)7)24(10,11)23/h15H,10,12-14H2,1-9,11H3. The van der Waals surface area contributed by atoms with Gasteiger partial charge in [0.25, 0.3) is 0 Å². The molecule has 0 radical (unpaired) electrons. The van der Waals surface area contributed by atoms with Gasteiger partial charge in [0.2, 0.25) is 5.91 Å². The minimum atomic E-state index is -2.31. The van der Waals surface area contributed by atoms with Gasteiger partial charge in [-0.15, -0.1) is 0 Å². The van der Waals surface area contributed by atoms with Crippen molar-refractivity contribution in [1.82, 2.24) is 14.1 Å². The lowest BCUT2D eigenvalue weighted by Crippen LogP contribution is -2.52. The Morgan fingerprint density at radius 3 is 1.83 bits per heavy atom. The van der Waals surface area contributed by atoms with Crippen LogP contribution < -0.4 is 0 Å². The first-order valence-corrected chi connectivity index (χ1v) is 10.6. The largest absolute Gasteiger partial charge is 0.348 e. The van der Waals surface area contributed by atoms with Crippen LogP contribution >= 0.6 is 0 Å². The molecule has 0 spiro atoms. The first-order valence-electron chi connectivity index (χ1n) is 8.52. The molecule has 0 saturated carbocycles. The molecule has 0 N–H and O–H groups in total. The number of carbonyl (C=O) groups excluding carboxylic acids is 1. The number of carbonyl (C=O) groups is 1. The van der Waals surface area contributed by atoms with E-state index in [4.69, 9.17) is 0 Å². The monoisotopic (exact) mass is 361 g/mol. The molecule has 0 aromatic rings. The molecular weight excluding hydrogens is 322 g/mol. The lowest BCUT2D eigenvalue weighted by molar-refractivity contribution is -0.131. The highest BCUT2D eigenvalue weighted by Gasteiger charge is 2.31. The Morgan fingerprint density at radius 1 is 1.08 bits per heavy atom. The van der Waals surface area contributed by atoms with E-state index in [-0.39, 0.29) is 22.9 Å². The molecular formula is C18H39N3O2S. The van der Waals surface area contributed by atoms with Gasteiger partial charge in [-0.25, -0.2) is 4.31 Å². The maximum absolute atomic E-state index is 12.6. The summed E-state index contributed by atoms with van der Waals surface area (Å²) in [6, 6.07) is 0.223. The number of hydrogen-bond acceptors (Lipinski definition) is 3. The van der Waals surface area contributed by atoms with Crippen molar-refractivity contribution in [3.05, 3.63) is 0 Å². The van der Waals surface area contributed by atoms with Gasteiger partial charge >= 0.3 is 0 Å². The first kappa shape index (κ1) is 23.4. The summed E-state index contributed by atoms with van der Waals surface area (Å²) in [5.74, 6) is 3.94. The minimum absolute atomic E-state index is 0.0528. The molecule has 24 heavy (non-hydrogen) atoms. The minimum Gasteiger partial charge on any atom is -0.348 e. The molecule has 5 nitrogen and oxygen atoms in total. The molecule has 0 heterocycles. The van der Waals surface area contributed by atoms with Crippen LogP contribution in [0.4, 0.5) is 0 Å². The van der Waals surface area contributed by atoms with Crippen LogP contribution in [0.3, 0.4) is 0 Å². The number of amides is 1. The highest BCUT2D eigenvalue weighted by atomic mass is 32.2. The van der Waals surface area contributed by atoms with Gasteiger partial charge < -0.3 is 4.90 Å². The van der Waals surface area contributed by atoms with E-state index >= 15 is 0 Å². The van der Waals surface area contributed by atoms with E-state index in [9.17, 15) is 9.00 Å². The van der Waals surface area contributed by atoms with Crippen LogP contribution in [0.5, 0.6) is 0 Å². The molecule has 1 amide bonds. The molecule has 2 atom stereocenters. The van der Waals surface area contributed by atoms with Gasteiger partial charge in [-0.1, -0.05) is 20.8 Å². The van der Waals surface area contributed by atoms with E-state index in [1.54, 1.807) is 25.3 Å². The van der Waals surface area contributed by atoms with E-state index < -0.39 is 9.71 Å². The maximum Gasteiger partial charge on any atom is 0.236 e. The van der Waals surface area contributed by atoms with Crippen molar-refractivity contribution < 1.29 is 9.00 Å². The molecule has 0 bridgehead atoms. The van der Waals surface area contributed by atoms with Crippen molar-refractivity contribution in [2.24, 2.45) is 5.41 Å². The van der Waals surface area contributed by atoms with Crippen LogP contribution in [0, 0.1) is 5.41 Å². The molecule has 144 valence electrons. The fraction of sp³-hybridized carbons (Fsp3) is 0.889. The lowest BCUT2D eigenvalue weighted by Gasteiger charge is -2.41. The highest BCUT2D eigenvalue weighted by molar-refractivity contribution is 7.97. The summed E-state index contributed by atoms with van der Waals surface area (Å²) in [5, 5.41) is 0. The third-order valence-corrected chi connectivity index (χ3v) is 6.11. The van der Waals surface area contributed by atoms with Crippen molar-refractivity contribution in [2.45, 2.75) is 60.0 Å². The second-order valence-electron chi connectivity index (χ2n) is 9.03. The SMILES string of the molecule is C=S(C)(=O)N(CCN(CC(=O)N(C)C)C(C)C(C)(C)C)C(C)(C)C. The van der Waals surface area contributed by atoms with Crippen LogP contribution in [0.1, 0.15) is 48.5 Å². The molecule has 0 aromatic carbocycles. The van der Waals surface area contributed by atoms with Crippen LogP contribution in [-0.4, -0.2) is 81.7 Å². The van der Waals surface area contributed by atoms with Gasteiger partial charge in [-0.05, 0) is 39.0 Å². The van der Waals surface area contributed by atoms with Crippen molar-refractivity contribution in [3.63, 3.8) is 0 Å². The summed E-state index contributed by atoms with van der Waals surface area (Å²) in [5.41, 5.74) is -0.187. The lowest BCUT2D eigenvalue weighted by atomic mass is 9.87. The van der Waals surface area contributed by atoms with E-state index in [1.165, 1.54) is 0 Å². The Morgan fingerprint density at radius 2 is 1.54 bits per heavy atom. The Bertz CT molecular complexity index is 513. The molecule has 0 aromatic heterocycles. The van der Waals surface area contributed by atoms with E-state index in [1.807, 2.05) is 25.1 Å². The van der Waals surface area contributed by atoms with Crippen LogP contribution in [-0.2, 0) is 14.5 Å². The summed E-state index contributed by atoms with van der Waals surface area (Å²) >= 11 is 0. The molecule has 6 heteroatoms. The number of rotatable bonds is 7. The molecule has 0 aliphatic rings. The second kappa shape index (κ2) is 8.19. The van der Waals surface area contributed by atoms with Crippen LogP contribution in [0.2, 0.25) is 0 Å². The van der Waals surface area contributed by atoms with Crippen molar-refractivity contribution in [3.8, 4) is 0 Å². The zero-order valence-electron chi connectivity index (χ0n) is 17.5. The number of likely N-dealkylation sites (N-methyl/N-ethyl adjacent to an activating group) is 1. The Labute approximate surface area is 150 Å². The summed E-state index contributed by atoms with van der Waals surface area (Å²) in [6.07, 6.45) is 1.68. The van der Waals surface area contributed by atoms with Gasteiger partial charge in [0.15, 0.2) is 0 Å². The zero-order valence-corrected chi connectivity index (χ0v) is 18.3. The van der Waals surface area contributed by atoms with Crippen LogP contribution in [0.15, 0.2) is 0 Å². The van der Waals surface area contributed by atoms with Gasteiger partial charge in [0.05, 0.1) is 6.54 Å². The number of nitrogens with zero attached hydrogens (tertiary/aromatic N) is 3. The van der Waals surface area contributed by atoms with Crippen molar-refractivity contribution in [1.29, 1.82) is 0 Å². The van der Waals surface area contributed by atoms with Gasteiger partial charge in [-0.3, -0.25) is 13.9 Å². The average Bonchev–Trinajstić information content (AvgIpc) is 2.31. The maximum atomic E-state index is 12.6. The zero-order chi connectivity index (χ0) is 19.5. The van der Waals surface area contributed by atoms with E-state index in [0.29, 0.717) is 19.6 Å². The molecule has 0 saturated heterocycles. The third kappa shape index (κ3) is 7.53. The number of hydrogen-bond donors (Lipinski definition) is 0. The summed E-state index contributed by atoms with van der Waals surface area (Å²) in [4.78, 5) is 16.0. The summed E-state index contributed by atoms with van der Waals surface area (Å²) in [6.45, 7) is 16.5. The fourth-order valence-corrected chi connectivity index (χ4v) is 4.23. The van der Waals surface area contributed by atoms with E-state index in [0.717, 1.165) is 0 Å². The van der Waals surface area contributed by atoms with Crippen molar-refractivity contribution in [2.75, 3.05) is 40.0 Å². The Hall–Kier alpha value is -0.590. The normalized spacial score (nSPS) is 17.0. The van der Waals surface area contributed by atoms with Gasteiger partial charge in [0, 0.05) is 54.7 Å². The summed E-state index contributed by atoms with van der Waals surface area (Å²) in [7, 11) is 1.24. The molecule has 0 aliphatic carbocycles. The quantitative estimate of drug-likeness (QED) is 0.653. The topological polar surface area (TPSA) is 43.9 Å². The van der Waals surface area contributed by atoms with Gasteiger partial charge in [0.1, 0.15) is 0 Å². The molecule has 0 fully saturated rings. The fourth-order valence-electron chi connectivity index (χ4n) is 2.60. The Balaban J connectivity index is 5.35. The van der Waals surface area contributed by atoms with Crippen LogP contribution in [0.25, 0.3) is 0 Å².